The summed E-state index contributed by atoms with van der Waals surface area (Å²) in [6, 6.07) is 6.93. The first kappa shape index (κ1) is 24.6. The molecule has 2 fully saturated rings. The van der Waals surface area contributed by atoms with Gasteiger partial charge in [0.1, 0.15) is 11.5 Å². The van der Waals surface area contributed by atoms with E-state index in [-0.39, 0.29) is 17.4 Å². The van der Waals surface area contributed by atoms with E-state index in [4.69, 9.17) is 0 Å². The molecule has 0 atom stereocenters. The molecule has 3 N–H and O–H groups in total. The second-order valence-electron chi connectivity index (χ2n) is 8.46. The summed E-state index contributed by atoms with van der Waals surface area (Å²) in [5.74, 6) is -3.14. The Hall–Kier alpha value is -1.57. The first-order valence-electron chi connectivity index (χ1n) is 11.0. The van der Waals surface area contributed by atoms with Crippen molar-refractivity contribution >= 4 is 49.9 Å². The van der Waals surface area contributed by atoms with E-state index < -0.39 is 33.3 Å². The third-order valence-electron chi connectivity index (χ3n) is 6.14. The number of halogens is 4. The fourth-order valence-corrected chi connectivity index (χ4v) is 6.10. The number of benzene rings is 2. The molecule has 1 saturated carbocycles. The monoisotopic (exact) mass is 594 g/mol. The average Bonchev–Trinajstić information content (AvgIpc) is 3.28. The van der Waals surface area contributed by atoms with Gasteiger partial charge in [0.25, 0.3) is 0 Å². The van der Waals surface area contributed by atoms with Crippen LogP contribution in [0.4, 0.5) is 30.2 Å². The molecule has 1 aliphatic heterocycles. The number of rotatable bonds is 7. The average molecular weight is 594 g/mol. The van der Waals surface area contributed by atoms with Gasteiger partial charge in [0.05, 0.1) is 11.4 Å². The van der Waals surface area contributed by atoms with Crippen molar-refractivity contribution in [3.05, 3.63) is 51.4 Å². The standard InChI is InChI=1S/C22H26F3IN4O2S/c23-17-6-8-20(22(21(17)25)28-19-7-5-14(26)13-18(19)24)29-33(31,32)30-11-9-16(10-12-30)27-15-3-1-2-4-15/h5-8,13,15-16,27-29H,1-4,9-12H2. The van der Waals surface area contributed by atoms with Crippen LogP contribution in [0.2, 0.25) is 0 Å². The van der Waals surface area contributed by atoms with Crippen LogP contribution in [0.25, 0.3) is 0 Å². The second kappa shape index (κ2) is 10.4. The Bertz CT molecular complexity index is 1110. The summed E-state index contributed by atoms with van der Waals surface area (Å²) < 4.78 is 73.1. The largest absolute Gasteiger partial charge is 0.349 e. The lowest BCUT2D eigenvalue weighted by Gasteiger charge is -2.33. The summed E-state index contributed by atoms with van der Waals surface area (Å²) in [6.07, 6.45) is 6.12. The first-order chi connectivity index (χ1) is 15.7. The summed E-state index contributed by atoms with van der Waals surface area (Å²) in [7, 11) is -4.02. The SMILES string of the molecule is O=S(=O)(Nc1ccc(F)c(F)c1Nc1ccc(I)cc1F)N1CCC(NC2CCCC2)CC1. The Morgan fingerprint density at radius 2 is 1.52 bits per heavy atom. The number of hydrogen-bond acceptors (Lipinski definition) is 4. The molecule has 180 valence electrons. The topological polar surface area (TPSA) is 73.5 Å². The Morgan fingerprint density at radius 1 is 0.879 bits per heavy atom. The van der Waals surface area contributed by atoms with Crippen molar-refractivity contribution in [2.75, 3.05) is 23.1 Å². The lowest BCUT2D eigenvalue weighted by atomic mass is 10.1. The van der Waals surface area contributed by atoms with Gasteiger partial charge >= 0.3 is 10.2 Å². The Kier molecular flexibility index (Phi) is 7.71. The zero-order valence-electron chi connectivity index (χ0n) is 17.9. The quantitative estimate of drug-likeness (QED) is 0.390. The number of nitrogens with zero attached hydrogens (tertiary/aromatic N) is 1. The van der Waals surface area contributed by atoms with Crippen molar-refractivity contribution in [2.24, 2.45) is 0 Å². The maximum absolute atomic E-state index is 14.6. The summed E-state index contributed by atoms with van der Waals surface area (Å²) >= 11 is 1.93. The van der Waals surface area contributed by atoms with Crippen LogP contribution in [0, 0.1) is 21.0 Å². The molecule has 0 amide bonds. The highest BCUT2D eigenvalue weighted by Gasteiger charge is 2.30. The maximum atomic E-state index is 14.6. The fourth-order valence-electron chi connectivity index (χ4n) is 4.38. The van der Waals surface area contributed by atoms with Crippen molar-refractivity contribution in [3.63, 3.8) is 0 Å². The Balaban J connectivity index is 1.48. The van der Waals surface area contributed by atoms with Gasteiger partial charge in [-0.3, -0.25) is 4.72 Å². The fraction of sp³-hybridized carbons (Fsp3) is 0.455. The van der Waals surface area contributed by atoms with Crippen molar-refractivity contribution in [1.82, 2.24) is 9.62 Å². The molecule has 2 aliphatic rings. The van der Waals surface area contributed by atoms with E-state index in [1.165, 1.54) is 29.3 Å². The second-order valence-corrected chi connectivity index (χ2v) is 11.4. The third kappa shape index (κ3) is 5.92. The number of anilines is 3. The summed E-state index contributed by atoms with van der Waals surface area (Å²) in [5, 5.41) is 6.12. The van der Waals surface area contributed by atoms with Gasteiger partial charge in [-0.2, -0.15) is 12.7 Å². The van der Waals surface area contributed by atoms with Gasteiger partial charge in [-0.05, 0) is 78.6 Å². The van der Waals surface area contributed by atoms with E-state index in [2.05, 4.69) is 15.4 Å². The molecule has 11 heteroatoms. The van der Waals surface area contributed by atoms with Crippen molar-refractivity contribution < 1.29 is 21.6 Å². The van der Waals surface area contributed by atoms with E-state index in [9.17, 15) is 21.6 Å². The number of piperidine rings is 1. The molecule has 0 spiro atoms. The predicted octanol–water partition coefficient (Wildman–Crippen LogP) is 5.11. The van der Waals surface area contributed by atoms with E-state index in [1.54, 1.807) is 6.07 Å². The molecular weight excluding hydrogens is 568 g/mol. The molecule has 0 unspecified atom stereocenters. The van der Waals surface area contributed by atoms with Crippen molar-refractivity contribution in [2.45, 2.75) is 50.6 Å². The van der Waals surface area contributed by atoms with Crippen LogP contribution in [-0.2, 0) is 10.2 Å². The highest BCUT2D eigenvalue weighted by Crippen LogP contribution is 2.33. The summed E-state index contributed by atoms with van der Waals surface area (Å²) in [4.78, 5) is 0. The number of nitrogens with one attached hydrogen (secondary N) is 3. The van der Waals surface area contributed by atoms with Crippen LogP contribution in [0.15, 0.2) is 30.3 Å². The molecule has 1 saturated heterocycles. The minimum absolute atomic E-state index is 0.0980. The lowest BCUT2D eigenvalue weighted by molar-refractivity contribution is 0.274. The van der Waals surface area contributed by atoms with Gasteiger partial charge in [-0.15, -0.1) is 0 Å². The zero-order valence-corrected chi connectivity index (χ0v) is 20.9. The Labute approximate surface area is 205 Å². The molecule has 1 aliphatic carbocycles. The van der Waals surface area contributed by atoms with Gasteiger partial charge in [0, 0.05) is 28.7 Å². The first-order valence-corrected chi connectivity index (χ1v) is 13.5. The third-order valence-corrected chi connectivity index (χ3v) is 8.34. The van der Waals surface area contributed by atoms with Crippen LogP contribution in [0.3, 0.4) is 0 Å². The molecule has 2 aromatic rings. The molecule has 33 heavy (non-hydrogen) atoms. The molecule has 2 aromatic carbocycles. The normalized spacial score (nSPS) is 18.5. The predicted molar refractivity (Wildman–Crippen MR) is 131 cm³/mol. The van der Waals surface area contributed by atoms with Gasteiger partial charge in [0.2, 0.25) is 0 Å². The minimum Gasteiger partial charge on any atom is -0.349 e. The Morgan fingerprint density at radius 3 is 2.18 bits per heavy atom. The molecule has 0 bridgehead atoms. The van der Waals surface area contributed by atoms with Gasteiger partial charge in [-0.25, -0.2) is 13.2 Å². The lowest BCUT2D eigenvalue weighted by Crippen LogP contribution is -2.48. The van der Waals surface area contributed by atoms with Gasteiger partial charge < -0.3 is 10.6 Å². The van der Waals surface area contributed by atoms with Crippen molar-refractivity contribution in [3.8, 4) is 0 Å². The highest BCUT2D eigenvalue weighted by molar-refractivity contribution is 14.1. The molecule has 0 radical (unpaired) electrons. The van der Waals surface area contributed by atoms with E-state index in [0.717, 1.165) is 25.0 Å². The summed E-state index contributed by atoms with van der Waals surface area (Å²) in [6.45, 7) is 0.635. The highest BCUT2D eigenvalue weighted by atomic mass is 127. The van der Waals surface area contributed by atoms with Crippen LogP contribution in [-0.4, -0.2) is 37.9 Å². The summed E-state index contributed by atoms with van der Waals surface area (Å²) in [5.41, 5.74) is -0.770. The van der Waals surface area contributed by atoms with Gasteiger partial charge in [-0.1, -0.05) is 12.8 Å². The molecule has 0 aromatic heterocycles. The van der Waals surface area contributed by atoms with E-state index in [0.29, 0.717) is 35.5 Å². The molecular formula is C22H26F3IN4O2S. The zero-order chi connectivity index (χ0) is 23.6. The molecule has 4 rings (SSSR count). The van der Waals surface area contributed by atoms with Crippen LogP contribution in [0.5, 0.6) is 0 Å². The van der Waals surface area contributed by atoms with Crippen LogP contribution < -0.4 is 15.4 Å². The van der Waals surface area contributed by atoms with Crippen LogP contribution >= 0.6 is 22.6 Å². The number of hydrogen-bond donors (Lipinski definition) is 3. The van der Waals surface area contributed by atoms with E-state index in [1.807, 2.05) is 22.6 Å². The molecule has 1 heterocycles. The smallest absolute Gasteiger partial charge is 0.301 e. The van der Waals surface area contributed by atoms with Gasteiger partial charge in [0.15, 0.2) is 11.6 Å². The molecule has 6 nitrogen and oxygen atoms in total. The van der Waals surface area contributed by atoms with Crippen LogP contribution in [0.1, 0.15) is 38.5 Å². The maximum Gasteiger partial charge on any atom is 0.301 e. The van der Waals surface area contributed by atoms with E-state index >= 15 is 0 Å². The minimum atomic E-state index is -4.02. The van der Waals surface area contributed by atoms with Crippen molar-refractivity contribution in [1.29, 1.82) is 0 Å².